The van der Waals surface area contributed by atoms with E-state index in [0.29, 0.717) is 35.3 Å². The van der Waals surface area contributed by atoms with Crippen molar-refractivity contribution < 1.29 is 4.74 Å². The third kappa shape index (κ3) is 3.83. The molecule has 0 saturated heterocycles. The highest BCUT2D eigenvalue weighted by atomic mass is 35.5. The topological polar surface area (TPSA) is 47.0 Å². The van der Waals surface area contributed by atoms with Gasteiger partial charge in [0.25, 0.3) is 0 Å². The molecule has 1 aromatic heterocycles. The Kier molecular flexibility index (Phi) is 5.02. The van der Waals surface area contributed by atoms with Gasteiger partial charge in [-0.1, -0.05) is 30.7 Å². The van der Waals surface area contributed by atoms with E-state index in [-0.39, 0.29) is 0 Å². The van der Waals surface area contributed by atoms with Gasteiger partial charge in [-0.05, 0) is 31.6 Å². The number of halogens is 1. The van der Waals surface area contributed by atoms with Crippen molar-refractivity contribution in [3.8, 4) is 5.88 Å². The summed E-state index contributed by atoms with van der Waals surface area (Å²) in [5, 5.41) is 3.51. The summed E-state index contributed by atoms with van der Waals surface area (Å²) in [5.41, 5.74) is 0. The molecular weight excluding hydrogens is 262 g/mol. The van der Waals surface area contributed by atoms with Gasteiger partial charge in [-0.25, -0.2) is 4.98 Å². The van der Waals surface area contributed by atoms with Crippen LogP contribution in [0.3, 0.4) is 0 Å². The van der Waals surface area contributed by atoms with Gasteiger partial charge in [-0.2, -0.15) is 4.98 Å². The first-order chi connectivity index (χ1) is 9.20. The summed E-state index contributed by atoms with van der Waals surface area (Å²) in [6.07, 6.45) is 8.21. The lowest BCUT2D eigenvalue weighted by atomic mass is 9.85. The Bertz CT molecular complexity index is 450. The molecule has 19 heavy (non-hydrogen) atoms. The average molecular weight is 282 g/mol. The fourth-order valence-electron chi connectivity index (χ4n) is 2.12. The van der Waals surface area contributed by atoms with Crippen molar-refractivity contribution in [3.63, 3.8) is 0 Å². The van der Waals surface area contributed by atoms with E-state index in [1.54, 1.807) is 6.20 Å². The molecule has 1 aliphatic rings. The number of rotatable bonds is 5. The van der Waals surface area contributed by atoms with Gasteiger partial charge >= 0.3 is 0 Å². The number of nitrogens with zero attached hydrogens (tertiary/aromatic N) is 2. The van der Waals surface area contributed by atoms with Crippen LogP contribution >= 0.6 is 11.6 Å². The molecule has 0 amide bonds. The van der Waals surface area contributed by atoms with Crippen molar-refractivity contribution in [1.82, 2.24) is 9.97 Å². The Morgan fingerprint density at radius 3 is 2.95 bits per heavy atom. The summed E-state index contributed by atoms with van der Waals surface area (Å²) in [6, 6.07) is 0. The van der Waals surface area contributed by atoms with E-state index in [9.17, 15) is 0 Å². The van der Waals surface area contributed by atoms with Gasteiger partial charge in [0.2, 0.25) is 11.8 Å². The quantitative estimate of drug-likeness (QED) is 0.839. The minimum absolute atomic E-state index is 0.459. The molecule has 4 nitrogen and oxygen atoms in total. The summed E-state index contributed by atoms with van der Waals surface area (Å²) in [5.74, 6) is 2.19. The first-order valence-electron chi connectivity index (χ1n) is 6.75. The largest absolute Gasteiger partial charge is 0.476 e. The van der Waals surface area contributed by atoms with Crippen LogP contribution in [0.5, 0.6) is 5.88 Å². The minimum Gasteiger partial charge on any atom is -0.476 e. The highest BCUT2D eigenvalue weighted by molar-refractivity contribution is 6.31. The highest BCUT2D eigenvalue weighted by Gasteiger charge is 2.19. The minimum atomic E-state index is 0.459. The Morgan fingerprint density at radius 2 is 2.21 bits per heavy atom. The maximum atomic E-state index is 6.06. The zero-order valence-corrected chi connectivity index (χ0v) is 12.2. The molecule has 0 spiro atoms. The molecule has 1 N–H and O–H groups in total. The molecule has 1 heterocycles. The van der Waals surface area contributed by atoms with Gasteiger partial charge in [0.1, 0.15) is 5.02 Å². The van der Waals surface area contributed by atoms with Crippen LogP contribution in [0.25, 0.3) is 0 Å². The third-order valence-electron chi connectivity index (χ3n) is 3.40. The molecule has 0 aromatic carbocycles. The smallest absolute Gasteiger partial charge is 0.237 e. The van der Waals surface area contributed by atoms with E-state index >= 15 is 0 Å². The van der Waals surface area contributed by atoms with Crippen LogP contribution in [0.2, 0.25) is 5.02 Å². The number of ether oxygens (including phenoxy) is 1. The maximum Gasteiger partial charge on any atom is 0.237 e. The fourth-order valence-corrected chi connectivity index (χ4v) is 2.27. The second-order valence-electron chi connectivity index (χ2n) is 4.87. The van der Waals surface area contributed by atoms with Crippen LogP contribution in [0.1, 0.15) is 26.7 Å². The number of anilines is 1. The number of aromatic nitrogens is 2. The SMILES string of the molecule is CCNc1ncc(Cl)c(OCC2CC=CCC2C)n1. The van der Waals surface area contributed by atoms with E-state index in [2.05, 4.69) is 34.4 Å². The van der Waals surface area contributed by atoms with Gasteiger partial charge in [-0.15, -0.1) is 0 Å². The number of hydrogen-bond donors (Lipinski definition) is 1. The zero-order chi connectivity index (χ0) is 13.7. The molecule has 0 aliphatic heterocycles. The molecule has 2 atom stereocenters. The van der Waals surface area contributed by atoms with Crippen molar-refractivity contribution in [2.75, 3.05) is 18.5 Å². The lowest BCUT2D eigenvalue weighted by molar-refractivity contribution is 0.193. The molecule has 0 fully saturated rings. The standard InChI is InChI=1S/C14H20ClN3O/c1-3-16-14-17-8-12(15)13(18-14)19-9-11-7-5-4-6-10(11)2/h4-5,8,10-11H,3,6-7,9H2,1-2H3,(H,16,17,18). The molecule has 0 saturated carbocycles. The van der Waals surface area contributed by atoms with Gasteiger partial charge in [-0.3, -0.25) is 0 Å². The van der Waals surface area contributed by atoms with Crippen LogP contribution in [0, 0.1) is 11.8 Å². The third-order valence-corrected chi connectivity index (χ3v) is 3.66. The van der Waals surface area contributed by atoms with E-state index in [0.717, 1.165) is 19.4 Å². The Labute approximate surface area is 119 Å². The van der Waals surface area contributed by atoms with Crippen LogP contribution in [-0.2, 0) is 0 Å². The van der Waals surface area contributed by atoms with Gasteiger partial charge in [0, 0.05) is 6.54 Å². The molecule has 2 rings (SSSR count). The Morgan fingerprint density at radius 1 is 1.42 bits per heavy atom. The summed E-state index contributed by atoms with van der Waals surface area (Å²) in [6.45, 7) is 5.66. The monoisotopic (exact) mass is 281 g/mol. The number of nitrogens with one attached hydrogen (secondary N) is 1. The molecule has 0 bridgehead atoms. The molecular formula is C14H20ClN3O. The molecule has 0 radical (unpaired) electrons. The number of allylic oxidation sites excluding steroid dienone is 2. The van der Waals surface area contributed by atoms with Crippen molar-refractivity contribution >= 4 is 17.5 Å². The van der Waals surface area contributed by atoms with Crippen LogP contribution in [0.15, 0.2) is 18.3 Å². The molecule has 5 heteroatoms. The summed E-state index contributed by atoms with van der Waals surface area (Å²) in [4.78, 5) is 8.37. The van der Waals surface area contributed by atoms with Crippen LogP contribution in [0.4, 0.5) is 5.95 Å². The van der Waals surface area contributed by atoms with E-state index < -0.39 is 0 Å². The van der Waals surface area contributed by atoms with Gasteiger partial charge < -0.3 is 10.1 Å². The lowest BCUT2D eigenvalue weighted by Crippen LogP contribution is -2.21. The fraction of sp³-hybridized carbons (Fsp3) is 0.571. The zero-order valence-electron chi connectivity index (χ0n) is 11.4. The first-order valence-corrected chi connectivity index (χ1v) is 7.12. The molecule has 2 unspecified atom stereocenters. The van der Waals surface area contributed by atoms with Crippen LogP contribution in [-0.4, -0.2) is 23.1 Å². The second-order valence-corrected chi connectivity index (χ2v) is 5.28. The summed E-state index contributed by atoms with van der Waals surface area (Å²) < 4.78 is 5.78. The van der Waals surface area contributed by atoms with Crippen molar-refractivity contribution in [2.24, 2.45) is 11.8 Å². The Balaban J connectivity index is 1.98. The molecule has 1 aliphatic carbocycles. The summed E-state index contributed by atoms with van der Waals surface area (Å²) >= 11 is 6.06. The van der Waals surface area contributed by atoms with Crippen molar-refractivity contribution in [3.05, 3.63) is 23.4 Å². The molecule has 104 valence electrons. The van der Waals surface area contributed by atoms with E-state index in [4.69, 9.17) is 16.3 Å². The predicted octanol–water partition coefficient (Wildman–Crippen LogP) is 3.54. The maximum absolute atomic E-state index is 6.06. The first kappa shape index (κ1) is 14.1. The highest BCUT2D eigenvalue weighted by Crippen LogP contribution is 2.27. The van der Waals surface area contributed by atoms with E-state index in [1.807, 2.05) is 6.92 Å². The number of hydrogen-bond acceptors (Lipinski definition) is 4. The summed E-state index contributed by atoms with van der Waals surface area (Å²) in [7, 11) is 0. The molecule has 1 aromatic rings. The second kappa shape index (κ2) is 6.75. The van der Waals surface area contributed by atoms with Gasteiger partial charge in [0.15, 0.2) is 0 Å². The normalized spacial score (nSPS) is 22.3. The predicted molar refractivity (Wildman–Crippen MR) is 77.7 cm³/mol. The average Bonchev–Trinajstić information content (AvgIpc) is 2.41. The van der Waals surface area contributed by atoms with Crippen molar-refractivity contribution in [2.45, 2.75) is 26.7 Å². The van der Waals surface area contributed by atoms with Crippen LogP contribution < -0.4 is 10.1 Å². The van der Waals surface area contributed by atoms with Gasteiger partial charge in [0.05, 0.1) is 12.8 Å². The van der Waals surface area contributed by atoms with E-state index in [1.165, 1.54) is 0 Å². The lowest BCUT2D eigenvalue weighted by Gasteiger charge is -2.25. The Hall–Kier alpha value is -1.29. The van der Waals surface area contributed by atoms with Crippen molar-refractivity contribution in [1.29, 1.82) is 0 Å².